The summed E-state index contributed by atoms with van der Waals surface area (Å²) in [6.07, 6.45) is 7.90. The van der Waals surface area contributed by atoms with Crippen molar-refractivity contribution in [2.75, 3.05) is 4.90 Å². The zero-order valence-corrected chi connectivity index (χ0v) is 22.2. The second kappa shape index (κ2) is 7.88. The molecule has 3 aliphatic carbocycles. The number of nitrogens with zero attached hydrogens (tertiary/aromatic N) is 1. The van der Waals surface area contributed by atoms with Gasteiger partial charge < -0.3 is 4.90 Å². The largest absolute Gasteiger partial charge is 0.312 e. The van der Waals surface area contributed by atoms with E-state index in [1.165, 1.54) is 66.5 Å². The van der Waals surface area contributed by atoms with Gasteiger partial charge in [0, 0.05) is 16.3 Å². The molecular weight excluding hydrogens is 490 g/mol. The van der Waals surface area contributed by atoms with E-state index in [-0.39, 0.29) is 5.41 Å². The van der Waals surface area contributed by atoms with Gasteiger partial charge >= 0.3 is 0 Å². The standard InChI is InChI=1S/C37H25NS/c1-4-14-29-25(11-1)26-12-2-5-15-30(26)37(29)31-16-6-3-13-27(31)28-22-21-24(23-32(28)37)38-33-17-7-9-19-35(33)39-36-20-10-8-18-34(36)38/h1-19,21-23,36H,20H2. The van der Waals surface area contributed by atoms with Gasteiger partial charge in [0.2, 0.25) is 0 Å². The van der Waals surface area contributed by atoms with Gasteiger partial charge in [-0.05, 0) is 81.3 Å². The van der Waals surface area contributed by atoms with E-state index in [9.17, 15) is 0 Å². The minimum Gasteiger partial charge on any atom is -0.312 e. The van der Waals surface area contributed by atoms with Crippen molar-refractivity contribution in [2.45, 2.75) is 22.0 Å². The third-order valence-electron chi connectivity index (χ3n) is 8.96. The summed E-state index contributed by atoms with van der Waals surface area (Å²) in [6, 6.07) is 43.2. The van der Waals surface area contributed by atoms with Crippen molar-refractivity contribution in [1.29, 1.82) is 0 Å². The first kappa shape index (κ1) is 21.6. The van der Waals surface area contributed by atoms with E-state index in [1.54, 1.807) is 0 Å². The van der Waals surface area contributed by atoms with Gasteiger partial charge in [-0.25, -0.2) is 0 Å². The second-order valence-corrected chi connectivity index (χ2v) is 12.0. The van der Waals surface area contributed by atoms with Crippen molar-refractivity contribution in [1.82, 2.24) is 0 Å². The third-order valence-corrected chi connectivity index (χ3v) is 10.3. The minimum atomic E-state index is -0.320. The van der Waals surface area contributed by atoms with Crippen LogP contribution in [0.3, 0.4) is 0 Å². The van der Waals surface area contributed by atoms with E-state index in [2.05, 4.69) is 138 Å². The molecular formula is C37H25NS. The summed E-state index contributed by atoms with van der Waals surface area (Å²) in [4.78, 5) is 3.87. The number of fused-ring (bicyclic) bond motifs is 12. The number of hydrogen-bond donors (Lipinski definition) is 0. The molecule has 1 aliphatic heterocycles. The van der Waals surface area contributed by atoms with Gasteiger partial charge in [-0.3, -0.25) is 0 Å². The van der Waals surface area contributed by atoms with Gasteiger partial charge in [0.05, 0.1) is 16.4 Å². The van der Waals surface area contributed by atoms with Gasteiger partial charge in [-0.15, -0.1) is 11.8 Å². The summed E-state index contributed by atoms with van der Waals surface area (Å²) in [7, 11) is 0. The van der Waals surface area contributed by atoms with Crippen molar-refractivity contribution in [3.05, 3.63) is 161 Å². The van der Waals surface area contributed by atoms with Crippen molar-refractivity contribution in [3.63, 3.8) is 0 Å². The van der Waals surface area contributed by atoms with Gasteiger partial charge in [-0.1, -0.05) is 103 Å². The molecule has 1 heterocycles. The average molecular weight is 516 g/mol. The number of anilines is 2. The van der Waals surface area contributed by atoms with Crippen LogP contribution in [0.2, 0.25) is 0 Å². The molecule has 0 saturated heterocycles. The molecule has 1 spiro atoms. The Bertz CT molecular complexity index is 1830. The fourth-order valence-corrected chi connectivity index (χ4v) is 8.72. The summed E-state index contributed by atoms with van der Waals surface area (Å²) < 4.78 is 0. The maximum Gasteiger partial charge on any atom is 0.0726 e. The molecule has 1 nitrogen and oxygen atoms in total. The SMILES string of the molecule is C1=CCC2Sc3ccccc3N(c3ccc4c(c3)C3(c5ccccc5-c5ccccc53)c3ccccc3-4)C2=C1. The molecule has 0 N–H and O–H groups in total. The van der Waals surface area contributed by atoms with Gasteiger partial charge in [-0.2, -0.15) is 0 Å². The van der Waals surface area contributed by atoms with Crippen LogP contribution in [0.25, 0.3) is 22.3 Å². The molecule has 0 saturated carbocycles. The van der Waals surface area contributed by atoms with Crippen molar-refractivity contribution >= 4 is 23.1 Å². The van der Waals surface area contributed by atoms with E-state index >= 15 is 0 Å². The zero-order valence-electron chi connectivity index (χ0n) is 21.3. The summed E-state index contributed by atoms with van der Waals surface area (Å²) >= 11 is 1.99. The summed E-state index contributed by atoms with van der Waals surface area (Å²) in [5.74, 6) is 0. The molecule has 39 heavy (non-hydrogen) atoms. The molecule has 1 atom stereocenters. The molecule has 184 valence electrons. The Morgan fingerprint density at radius 2 is 1.21 bits per heavy atom. The zero-order chi connectivity index (χ0) is 25.6. The predicted octanol–water partition coefficient (Wildman–Crippen LogP) is 9.49. The highest BCUT2D eigenvalue weighted by atomic mass is 32.2. The molecule has 5 aromatic rings. The van der Waals surface area contributed by atoms with Crippen molar-refractivity contribution in [3.8, 4) is 22.3 Å². The Morgan fingerprint density at radius 1 is 0.615 bits per heavy atom. The molecule has 4 aliphatic rings. The normalized spacial score (nSPS) is 18.5. The molecule has 0 amide bonds. The van der Waals surface area contributed by atoms with Crippen LogP contribution in [-0.4, -0.2) is 5.25 Å². The molecule has 0 radical (unpaired) electrons. The lowest BCUT2D eigenvalue weighted by Gasteiger charge is -2.39. The maximum atomic E-state index is 2.52. The van der Waals surface area contributed by atoms with E-state index < -0.39 is 0 Å². The van der Waals surface area contributed by atoms with Crippen LogP contribution in [0.5, 0.6) is 0 Å². The quantitative estimate of drug-likeness (QED) is 0.214. The van der Waals surface area contributed by atoms with E-state index in [0.29, 0.717) is 5.25 Å². The molecule has 5 aromatic carbocycles. The van der Waals surface area contributed by atoms with Crippen molar-refractivity contribution < 1.29 is 0 Å². The fourth-order valence-electron chi connectivity index (χ4n) is 7.47. The minimum absolute atomic E-state index is 0.320. The summed E-state index contributed by atoms with van der Waals surface area (Å²) in [6.45, 7) is 0. The third kappa shape index (κ3) is 2.72. The Balaban J connectivity index is 1.36. The number of hydrogen-bond acceptors (Lipinski definition) is 2. The first-order valence-electron chi connectivity index (χ1n) is 13.7. The van der Waals surface area contributed by atoms with E-state index in [4.69, 9.17) is 0 Å². The van der Waals surface area contributed by atoms with Crippen LogP contribution < -0.4 is 4.90 Å². The van der Waals surface area contributed by atoms with E-state index in [0.717, 1.165) is 6.42 Å². The number of allylic oxidation sites excluding steroid dienone is 3. The monoisotopic (exact) mass is 515 g/mol. The van der Waals surface area contributed by atoms with Crippen LogP contribution in [-0.2, 0) is 5.41 Å². The molecule has 1 unspecified atom stereocenters. The van der Waals surface area contributed by atoms with Crippen molar-refractivity contribution in [2.24, 2.45) is 0 Å². The summed E-state index contributed by atoms with van der Waals surface area (Å²) in [5, 5.41) is 0.428. The average Bonchev–Trinajstić information content (AvgIpc) is 3.47. The molecule has 2 heteroatoms. The lowest BCUT2D eigenvalue weighted by molar-refractivity contribution is 0.793. The predicted molar refractivity (Wildman–Crippen MR) is 163 cm³/mol. The highest BCUT2D eigenvalue weighted by Crippen LogP contribution is 2.63. The fraction of sp³-hybridized carbons (Fsp3) is 0.0811. The van der Waals surface area contributed by atoms with Gasteiger partial charge in [0.15, 0.2) is 0 Å². The molecule has 9 rings (SSSR count). The lowest BCUT2D eigenvalue weighted by atomic mass is 9.70. The molecule has 0 bridgehead atoms. The smallest absolute Gasteiger partial charge is 0.0726 e. The van der Waals surface area contributed by atoms with Crippen LogP contribution in [0.15, 0.2) is 144 Å². The number of rotatable bonds is 1. The Morgan fingerprint density at radius 3 is 1.90 bits per heavy atom. The highest BCUT2D eigenvalue weighted by Gasteiger charge is 2.51. The Kier molecular flexibility index (Phi) is 4.37. The first-order valence-corrected chi connectivity index (χ1v) is 14.6. The molecule has 0 fully saturated rings. The van der Waals surface area contributed by atoms with Gasteiger partial charge in [0.1, 0.15) is 0 Å². The summed E-state index contributed by atoms with van der Waals surface area (Å²) in [5.41, 5.74) is 14.5. The maximum absolute atomic E-state index is 2.52. The lowest BCUT2D eigenvalue weighted by Crippen LogP contribution is -2.30. The van der Waals surface area contributed by atoms with Crippen LogP contribution in [0.1, 0.15) is 28.7 Å². The second-order valence-electron chi connectivity index (χ2n) is 10.8. The highest BCUT2D eigenvalue weighted by molar-refractivity contribution is 8.00. The molecule has 0 aromatic heterocycles. The first-order chi connectivity index (χ1) is 19.4. The van der Waals surface area contributed by atoms with Crippen LogP contribution >= 0.6 is 11.8 Å². The Hall–Kier alpha value is -4.27. The van der Waals surface area contributed by atoms with E-state index in [1.807, 2.05) is 11.8 Å². The Labute approximate surface area is 233 Å². The number of thioether (sulfide) groups is 1. The number of para-hydroxylation sites is 1. The number of benzene rings is 5. The van der Waals surface area contributed by atoms with Crippen LogP contribution in [0, 0.1) is 0 Å². The topological polar surface area (TPSA) is 3.24 Å². The van der Waals surface area contributed by atoms with Crippen LogP contribution in [0.4, 0.5) is 11.4 Å². The van der Waals surface area contributed by atoms with Gasteiger partial charge in [0.25, 0.3) is 0 Å².